The van der Waals surface area contributed by atoms with Gasteiger partial charge in [-0.1, -0.05) is 6.58 Å². The molecule has 0 aliphatic heterocycles. The standard InChI is InChI=1S/C8H9BrN2O2/c1-4-5-10-7(12-2)6(9)8(11-5)13-3/h4H,1H2,2-3H3. The Labute approximate surface area is 84.7 Å². The van der Waals surface area contributed by atoms with E-state index in [-0.39, 0.29) is 0 Å². The van der Waals surface area contributed by atoms with Gasteiger partial charge in [0.15, 0.2) is 5.82 Å². The molecule has 1 aromatic rings. The van der Waals surface area contributed by atoms with Crippen LogP contribution >= 0.6 is 15.9 Å². The average molecular weight is 245 g/mol. The van der Waals surface area contributed by atoms with Gasteiger partial charge in [0.2, 0.25) is 11.8 Å². The first kappa shape index (κ1) is 9.98. The first-order valence-electron chi connectivity index (χ1n) is 3.51. The molecule has 0 bridgehead atoms. The highest BCUT2D eigenvalue weighted by Crippen LogP contribution is 2.30. The van der Waals surface area contributed by atoms with Crippen LogP contribution in [0.2, 0.25) is 0 Å². The molecule has 0 unspecified atom stereocenters. The lowest BCUT2D eigenvalue weighted by atomic mass is 10.5. The van der Waals surface area contributed by atoms with Gasteiger partial charge in [-0.05, 0) is 22.0 Å². The summed E-state index contributed by atoms with van der Waals surface area (Å²) in [6, 6.07) is 0. The quantitative estimate of drug-likeness (QED) is 0.815. The van der Waals surface area contributed by atoms with Crippen molar-refractivity contribution < 1.29 is 9.47 Å². The maximum atomic E-state index is 5.00. The van der Waals surface area contributed by atoms with Gasteiger partial charge < -0.3 is 9.47 Å². The Hall–Kier alpha value is -1.10. The van der Waals surface area contributed by atoms with Crippen molar-refractivity contribution in [1.82, 2.24) is 9.97 Å². The van der Waals surface area contributed by atoms with Gasteiger partial charge in [-0.2, -0.15) is 9.97 Å². The number of aromatic nitrogens is 2. The molecule has 0 N–H and O–H groups in total. The van der Waals surface area contributed by atoms with Crippen molar-refractivity contribution in [3.05, 3.63) is 16.9 Å². The van der Waals surface area contributed by atoms with E-state index in [4.69, 9.17) is 9.47 Å². The highest BCUT2D eigenvalue weighted by molar-refractivity contribution is 9.10. The van der Waals surface area contributed by atoms with Crippen LogP contribution in [-0.4, -0.2) is 24.2 Å². The van der Waals surface area contributed by atoms with Crippen molar-refractivity contribution in [1.29, 1.82) is 0 Å². The first-order valence-corrected chi connectivity index (χ1v) is 4.30. The second-order valence-electron chi connectivity index (χ2n) is 2.12. The minimum Gasteiger partial charge on any atom is -0.480 e. The van der Waals surface area contributed by atoms with Crippen LogP contribution in [0.1, 0.15) is 5.82 Å². The lowest BCUT2D eigenvalue weighted by Crippen LogP contribution is -1.98. The zero-order valence-corrected chi connectivity index (χ0v) is 8.96. The number of hydrogen-bond donors (Lipinski definition) is 0. The number of rotatable bonds is 3. The molecule has 0 saturated heterocycles. The summed E-state index contributed by atoms with van der Waals surface area (Å²) >= 11 is 3.26. The molecule has 0 radical (unpaired) electrons. The van der Waals surface area contributed by atoms with Crippen molar-refractivity contribution >= 4 is 22.0 Å². The van der Waals surface area contributed by atoms with Crippen LogP contribution in [-0.2, 0) is 0 Å². The summed E-state index contributed by atoms with van der Waals surface area (Å²) in [7, 11) is 3.05. The summed E-state index contributed by atoms with van der Waals surface area (Å²) in [5.41, 5.74) is 0. The highest BCUT2D eigenvalue weighted by Gasteiger charge is 2.11. The normalized spacial score (nSPS) is 9.46. The second-order valence-corrected chi connectivity index (χ2v) is 2.91. The largest absolute Gasteiger partial charge is 0.480 e. The summed E-state index contributed by atoms with van der Waals surface area (Å²) in [5.74, 6) is 1.33. The molecule has 4 nitrogen and oxygen atoms in total. The van der Waals surface area contributed by atoms with E-state index in [1.165, 1.54) is 20.3 Å². The molecular formula is C8H9BrN2O2. The molecule has 1 aromatic heterocycles. The average Bonchev–Trinajstić information content (AvgIpc) is 2.18. The van der Waals surface area contributed by atoms with Crippen LogP contribution < -0.4 is 9.47 Å². The predicted octanol–water partition coefficient (Wildman–Crippen LogP) is 1.90. The number of nitrogens with zero attached hydrogens (tertiary/aromatic N) is 2. The lowest BCUT2D eigenvalue weighted by molar-refractivity contribution is 0.366. The summed E-state index contributed by atoms with van der Waals surface area (Å²) in [4.78, 5) is 8.08. The van der Waals surface area contributed by atoms with E-state index < -0.39 is 0 Å². The summed E-state index contributed by atoms with van der Waals surface area (Å²) in [6.07, 6.45) is 1.53. The minimum atomic E-state index is 0.432. The Kier molecular flexibility index (Phi) is 3.25. The third-order valence-corrected chi connectivity index (χ3v) is 2.06. The van der Waals surface area contributed by atoms with E-state index in [1.807, 2.05) is 0 Å². The molecule has 0 aliphatic rings. The Balaban J connectivity index is 3.28. The molecule has 0 saturated carbocycles. The monoisotopic (exact) mass is 244 g/mol. The van der Waals surface area contributed by atoms with Crippen molar-refractivity contribution in [3.63, 3.8) is 0 Å². The molecule has 0 aliphatic carbocycles. The molecular weight excluding hydrogens is 236 g/mol. The van der Waals surface area contributed by atoms with E-state index in [2.05, 4.69) is 32.5 Å². The molecule has 1 heterocycles. The predicted molar refractivity (Wildman–Crippen MR) is 52.9 cm³/mol. The molecule has 0 amide bonds. The van der Waals surface area contributed by atoms with Gasteiger partial charge in [-0.25, -0.2) is 0 Å². The number of methoxy groups -OCH3 is 2. The maximum absolute atomic E-state index is 5.00. The summed E-state index contributed by atoms with van der Waals surface area (Å²) in [5, 5.41) is 0. The maximum Gasteiger partial charge on any atom is 0.235 e. The SMILES string of the molecule is C=Cc1nc(OC)c(Br)c(OC)n1. The Morgan fingerprint density at radius 3 is 2.00 bits per heavy atom. The fourth-order valence-electron chi connectivity index (χ4n) is 0.785. The second kappa shape index (κ2) is 4.23. The van der Waals surface area contributed by atoms with Crippen LogP contribution in [0.4, 0.5) is 0 Å². The summed E-state index contributed by atoms with van der Waals surface area (Å²) in [6.45, 7) is 3.56. The zero-order chi connectivity index (χ0) is 9.84. The van der Waals surface area contributed by atoms with Crippen LogP contribution in [0.25, 0.3) is 6.08 Å². The molecule has 0 aromatic carbocycles. The van der Waals surface area contributed by atoms with Gasteiger partial charge in [0.05, 0.1) is 14.2 Å². The lowest BCUT2D eigenvalue weighted by Gasteiger charge is -2.06. The third kappa shape index (κ3) is 1.98. The molecule has 5 heteroatoms. The topological polar surface area (TPSA) is 44.2 Å². The van der Waals surface area contributed by atoms with Gasteiger partial charge in [0.25, 0.3) is 0 Å². The zero-order valence-electron chi connectivity index (χ0n) is 7.37. The van der Waals surface area contributed by atoms with E-state index in [0.29, 0.717) is 22.1 Å². The van der Waals surface area contributed by atoms with Gasteiger partial charge in [0, 0.05) is 0 Å². The fraction of sp³-hybridized carbons (Fsp3) is 0.250. The van der Waals surface area contributed by atoms with Crippen molar-refractivity contribution in [2.24, 2.45) is 0 Å². The van der Waals surface area contributed by atoms with Gasteiger partial charge in [-0.15, -0.1) is 0 Å². The minimum absolute atomic E-state index is 0.432. The van der Waals surface area contributed by atoms with Gasteiger partial charge in [-0.3, -0.25) is 0 Å². The Morgan fingerprint density at radius 1 is 1.23 bits per heavy atom. The number of ether oxygens (including phenoxy) is 2. The molecule has 0 atom stereocenters. The smallest absolute Gasteiger partial charge is 0.235 e. The Bertz CT molecular complexity index is 303. The van der Waals surface area contributed by atoms with Gasteiger partial charge in [0.1, 0.15) is 4.47 Å². The first-order chi connectivity index (χ1) is 6.22. The fourth-order valence-corrected chi connectivity index (χ4v) is 1.29. The third-order valence-electron chi connectivity index (χ3n) is 1.38. The van der Waals surface area contributed by atoms with Crippen LogP contribution in [0, 0.1) is 0 Å². The van der Waals surface area contributed by atoms with Crippen LogP contribution in [0.5, 0.6) is 11.8 Å². The van der Waals surface area contributed by atoms with E-state index in [0.717, 1.165) is 0 Å². The van der Waals surface area contributed by atoms with Crippen molar-refractivity contribution in [3.8, 4) is 11.8 Å². The van der Waals surface area contributed by atoms with E-state index in [9.17, 15) is 0 Å². The van der Waals surface area contributed by atoms with Crippen molar-refractivity contribution in [2.75, 3.05) is 14.2 Å². The number of halogens is 1. The molecule has 13 heavy (non-hydrogen) atoms. The molecule has 70 valence electrons. The number of hydrogen-bond acceptors (Lipinski definition) is 4. The van der Waals surface area contributed by atoms with E-state index in [1.54, 1.807) is 0 Å². The molecule has 1 rings (SSSR count). The molecule has 0 fully saturated rings. The van der Waals surface area contributed by atoms with E-state index >= 15 is 0 Å². The Morgan fingerprint density at radius 2 is 1.69 bits per heavy atom. The van der Waals surface area contributed by atoms with Crippen LogP contribution in [0.15, 0.2) is 11.1 Å². The highest BCUT2D eigenvalue weighted by atomic mass is 79.9. The van der Waals surface area contributed by atoms with Crippen LogP contribution in [0.3, 0.4) is 0 Å². The van der Waals surface area contributed by atoms with Crippen molar-refractivity contribution in [2.45, 2.75) is 0 Å². The van der Waals surface area contributed by atoms with Gasteiger partial charge >= 0.3 is 0 Å². The molecule has 0 spiro atoms. The summed E-state index contributed by atoms with van der Waals surface area (Å²) < 4.78 is 10.6.